The van der Waals surface area contributed by atoms with E-state index in [1.54, 1.807) is 6.92 Å². The summed E-state index contributed by atoms with van der Waals surface area (Å²) in [6.07, 6.45) is 5.29. The minimum atomic E-state index is -0.963. The lowest BCUT2D eigenvalue weighted by Gasteiger charge is -2.38. The summed E-state index contributed by atoms with van der Waals surface area (Å²) >= 11 is 0. The van der Waals surface area contributed by atoms with Crippen molar-refractivity contribution >= 4 is 12.0 Å². The van der Waals surface area contributed by atoms with E-state index >= 15 is 0 Å². The van der Waals surface area contributed by atoms with Gasteiger partial charge in [0.15, 0.2) is 0 Å². The first-order chi connectivity index (χ1) is 12.5. The SMILES string of the molecule is CC(C(=O)O)c1cn(C(=O)NC2(Cc3ccccc3)CCNCC2)cn1. The minimum absolute atomic E-state index is 0.279. The second-order valence-corrected chi connectivity index (χ2v) is 6.89. The zero-order valence-electron chi connectivity index (χ0n) is 14.8. The van der Waals surface area contributed by atoms with E-state index in [4.69, 9.17) is 5.11 Å². The van der Waals surface area contributed by atoms with E-state index in [-0.39, 0.29) is 11.6 Å². The van der Waals surface area contributed by atoms with Gasteiger partial charge in [0.25, 0.3) is 0 Å². The fraction of sp³-hybridized carbons (Fsp3) is 0.421. The fourth-order valence-electron chi connectivity index (χ4n) is 3.33. The number of carbonyl (C=O) groups is 2. The maximum atomic E-state index is 12.8. The van der Waals surface area contributed by atoms with Gasteiger partial charge in [-0.25, -0.2) is 9.78 Å². The summed E-state index contributed by atoms with van der Waals surface area (Å²) in [4.78, 5) is 27.9. The third-order valence-electron chi connectivity index (χ3n) is 4.97. The molecule has 0 aliphatic carbocycles. The van der Waals surface area contributed by atoms with Gasteiger partial charge in [0, 0.05) is 11.7 Å². The molecule has 1 aliphatic heterocycles. The highest BCUT2D eigenvalue weighted by Gasteiger charge is 2.34. The lowest BCUT2D eigenvalue weighted by molar-refractivity contribution is -0.138. The van der Waals surface area contributed by atoms with Crippen molar-refractivity contribution in [3.8, 4) is 0 Å². The standard InChI is InChI=1S/C19H24N4O3/c1-14(17(24)25)16-12-23(13-21-16)18(26)22-19(7-9-20-10-8-19)11-15-5-3-2-4-6-15/h2-6,12-14,20H,7-11H2,1H3,(H,22,26)(H,24,25). The summed E-state index contributed by atoms with van der Waals surface area (Å²) in [7, 11) is 0. The maximum Gasteiger partial charge on any atom is 0.327 e. The number of benzene rings is 1. The van der Waals surface area contributed by atoms with Gasteiger partial charge in [-0.05, 0) is 44.8 Å². The Labute approximate surface area is 152 Å². The van der Waals surface area contributed by atoms with Crippen LogP contribution in [-0.4, -0.2) is 45.3 Å². The van der Waals surface area contributed by atoms with Gasteiger partial charge in [0.1, 0.15) is 6.33 Å². The third kappa shape index (κ3) is 4.11. The predicted molar refractivity (Wildman–Crippen MR) is 97.2 cm³/mol. The Bertz CT molecular complexity index is 766. The Morgan fingerprint density at radius 3 is 2.65 bits per heavy atom. The van der Waals surface area contributed by atoms with E-state index in [1.165, 1.54) is 22.7 Å². The van der Waals surface area contributed by atoms with Gasteiger partial charge in [-0.3, -0.25) is 9.36 Å². The Hall–Kier alpha value is -2.67. The summed E-state index contributed by atoms with van der Waals surface area (Å²) in [5.74, 6) is -1.71. The molecule has 1 amide bonds. The topological polar surface area (TPSA) is 96.2 Å². The van der Waals surface area contributed by atoms with Crippen LogP contribution in [-0.2, 0) is 11.2 Å². The van der Waals surface area contributed by atoms with Gasteiger partial charge >= 0.3 is 12.0 Å². The molecule has 1 aromatic heterocycles. The number of aliphatic carboxylic acids is 1. The highest BCUT2D eigenvalue weighted by Crippen LogP contribution is 2.24. The molecule has 0 saturated carbocycles. The third-order valence-corrected chi connectivity index (χ3v) is 4.97. The molecule has 138 valence electrons. The van der Waals surface area contributed by atoms with Crippen molar-refractivity contribution in [1.29, 1.82) is 0 Å². The van der Waals surface area contributed by atoms with Crippen molar-refractivity contribution in [3.63, 3.8) is 0 Å². The molecule has 3 N–H and O–H groups in total. The van der Waals surface area contributed by atoms with E-state index in [0.29, 0.717) is 5.69 Å². The Morgan fingerprint density at radius 2 is 2.00 bits per heavy atom. The molecule has 0 bridgehead atoms. The van der Waals surface area contributed by atoms with E-state index in [1.807, 2.05) is 18.2 Å². The Balaban J connectivity index is 1.76. The van der Waals surface area contributed by atoms with Crippen LogP contribution >= 0.6 is 0 Å². The molecule has 1 saturated heterocycles. The normalized spacial score (nSPS) is 17.4. The van der Waals surface area contributed by atoms with Crippen molar-refractivity contribution in [2.24, 2.45) is 0 Å². The first kappa shape index (κ1) is 18.1. The van der Waals surface area contributed by atoms with Crippen LogP contribution < -0.4 is 10.6 Å². The minimum Gasteiger partial charge on any atom is -0.481 e. The zero-order chi connectivity index (χ0) is 18.6. The van der Waals surface area contributed by atoms with Crippen LogP contribution in [0.5, 0.6) is 0 Å². The Morgan fingerprint density at radius 1 is 1.31 bits per heavy atom. The van der Waals surface area contributed by atoms with Gasteiger partial charge < -0.3 is 15.7 Å². The van der Waals surface area contributed by atoms with Crippen molar-refractivity contribution < 1.29 is 14.7 Å². The number of carboxylic acids is 1. The molecule has 3 rings (SSSR count). The smallest absolute Gasteiger partial charge is 0.327 e. The molecular weight excluding hydrogens is 332 g/mol. The van der Waals surface area contributed by atoms with Crippen molar-refractivity contribution in [2.75, 3.05) is 13.1 Å². The lowest BCUT2D eigenvalue weighted by atomic mass is 9.82. The molecule has 1 atom stereocenters. The Kier molecular flexibility index (Phi) is 5.37. The second-order valence-electron chi connectivity index (χ2n) is 6.89. The van der Waals surface area contributed by atoms with Crippen LogP contribution in [0.3, 0.4) is 0 Å². The van der Waals surface area contributed by atoms with Gasteiger partial charge in [0.2, 0.25) is 0 Å². The number of nitrogens with zero attached hydrogens (tertiary/aromatic N) is 2. The van der Waals surface area contributed by atoms with Crippen LogP contribution in [0.1, 0.15) is 36.9 Å². The molecule has 0 radical (unpaired) electrons. The highest BCUT2D eigenvalue weighted by molar-refractivity contribution is 5.79. The van der Waals surface area contributed by atoms with Crippen LogP contribution in [0.15, 0.2) is 42.9 Å². The summed E-state index contributed by atoms with van der Waals surface area (Å²) in [5.41, 5.74) is 1.22. The number of hydrogen-bond donors (Lipinski definition) is 3. The van der Waals surface area contributed by atoms with Crippen LogP contribution in [0.2, 0.25) is 0 Å². The number of amides is 1. The summed E-state index contributed by atoms with van der Waals surface area (Å²) in [6, 6.07) is 9.84. The fourth-order valence-corrected chi connectivity index (χ4v) is 3.33. The number of aromatic nitrogens is 2. The number of rotatable bonds is 5. The molecule has 7 heteroatoms. The summed E-state index contributed by atoms with van der Waals surface area (Å²) < 4.78 is 1.34. The monoisotopic (exact) mass is 356 g/mol. The van der Waals surface area contributed by atoms with Crippen LogP contribution in [0.25, 0.3) is 0 Å². The number of piperidine rings is 1. The van der Waals surface area contributed by atoms with Crippen LogP contribution in [0, 0.1) is 0 Å². The molecule has 1 fully saturated rings. The first-order valence-corrected chi connectivity index (χ1v) is 8.83. The molecule has 2 aromatic rings. The average Bonchev–Trinajstić information content (AvgIpc) is 3.12. The zero-order valence-corrected chi connectivity index (χ0v) is 14.8. The van der Waals surface area contributed by atoms with Gasteiger partial charge in [0.05, 0.1) is 11.6 Å². The number of nitrogens with one attached hydrogen (secondary N) is 2. The molecule has 7 nitrogen and oxygen atoms in total. The first-order valence-electron chi connectivity index (χ1n) is 8.83. The van der Waals surface area contributed by atoms with E-state index < -0.39 is 11.9 Å². The highest BCUT2D eigenvalue weighted by atomic mass is 16.4. The van der Waals surface area contributed by atoms with Crippen LogP contribution in [0.4, 0.5) is 4.79 Å². The quantitative estimate of drug-likeness (QED) is 0.761. The molecule has 0 spiro atoms. The van der Waals surface area contributed by atoms with Crippen molar-refractivity contribution in [2.45, 2.75) is 37.6 Å². The summed E-state index contributed by atoms with van der Waals surface area (Å²) in [5, 5.41) is 15.6. The molecule has 2 heterocycles. The van der Waals surface area contributed by atoms with Gasteiger partial charge in [-0.15, -0.1) is 0 Å². The van der Waals surface area contributed by atoms with Gasteiger partial charge in [-0.2, -0.15) is 0 Å². The lowest BCUT2D eigenvalue weighted by Crippen LogP contribution is -2.56. The predicted octanol–water partition coefficient (Wildman–Crippen LogP) is 1.99. The number of hydrogen-bond acceptors (Lipinski definition) is 4. The molecule has 1 aromatic carbocycles. The number of carboxylic acid groups (broad SMARTS) is 1. The van der Waals surface area contributed by atoms with Crippen molar-refractivity contribution in [1.82, 2.24) is 20.2 Å². The van der Waals surface area contributed by atoms with E-state index in [9.17, 15) is 9.59 Å². The largest absolute Gasteiger partial charge is 0.481 e. The van der Waals surface area contributed by atoms with Crippen molar-refractivity contribution in [3.05, 3.63) is 54.1 Å². The molecule has 1 aliphatic rings. The molecule has 26 heavy (non-hydrogen) atoms. The van der Waals surface area contributed by atoms with Gasteiger partial charge in [-0.1, -0.05) is 30.3 Å². The summed E-state index contributed by atoms with van der Waals surface area (Å²) in [6.45, 7) is 3.24. The van der Waals surface area contributed by atoms with E-state index in [0.717, 1.165) is 32.4 Å². The number of imidazole rings is 1. The molecule has 1 unspecified atom stereocenters. The average molecular weight is 356 g/mol. The number of carbonyl (C=O) groups excluding carboxylic acids is 1. The van der Waals surface area contributed by atoms with E-state index in [2.05, 4.69) is 27.8 Å². The molecular formula is C19H24N4O3. The second kappa shape index (κ2) is 7.70. The maximum absolute atomic E-state index is 12.8.